The van der Waals surface area contributed by atoms with Gasteiger partial charge >= 0.3 is 0 Å². The first-order chi connectivity index (χ1) is 14.9. The van der Waals surface area contributed by atoms with E-state index in [4.69, 9.17) is 9.15 Å². The number of benzene rings is 1. The van der Waals surface area contributed by atoms with Gasteiger partial charge in [0.2, 0.25) is 10.0 Å². The van der Waals surface area contributed by atoms with Crippen LogP contribution >= 0.6 is 11.3 Å². The summed E-state index contributed by atoms with van der Waals surface area (Å²) in [7, 11) is -3.85. The summed E-state index contributed by atoms with van der Waals surface area (Å²) in [5, 5.41) is 13.9. The quantitative estimate of drug-likeness (QED) is 0.372. The minimum Gasteiger partial charge on any atom is -0.467 e. The molecule has 0 unspecified atom stereocenters. The van der Waals surface area contributed by atoms with Gasteiger partial charge in [0, 0.05) is 24.0 Å². The predicted octanol–water partition coefficient (Wildman–Crippen LogP) is 3.48. The van der Waals surface area contributed by atoms with E-state index < -0.39 is 14.9 Å². The van der Waals surface area contributed by atoms with Crippen LogP contribution in [0.1, 0.15) is 10.6 Å². The molecule has 1 aromatic carbocycles. The lowest BCUT2D eigenvalue weighted by Gasteiger charge is -2.27. The van der Waals surface area contributed by atoms with Crippen LogP contribution in [-0.2, 0) is 27.8 Å². The molecule has 1 fully saturated rings. The largest absolute Gasteiger partial charge is 0.467 e. The van der Waals surface area contributed by atoms with Crippen molar-refractivity contribution in [1.82, 2.24) is 4.31 Å². The average molecular weight is 464 g/mol. The Kier molecular flexibility index (Phi) is 6.37. The number of thiophene rings is 1. The van der Waals surface area contributed by atoms with Gasteiger partial charge in [-0.3, -0.25) is 10.1 Å². The SMILES string of the molecule is O=[N+]([O-])c1cc(S(=O)(=O)N2CCOCC2)ccc1N(Cc1ccco1)Cc1cccs1. The number of sulfonamides is 1. The number of nitro groups is 1. The average Bonchev–Trinajstić information content (AvgIpc) is 3.48. The number of nitro benzene ring substituents is 1. The third-order valence-electron chi connectivity index (χ3n) is 4.95. The maximum Gasteiger partial charge on any atom is 0.293 e. The monoisotopic (exact) mass is 463 g/mol. The highest BCUT2D eigenvalue weighted by atomic mass is 32.2. The Hall–Kier alpha value is -2.73. The summed E-state index contributed by atoms with van der Waals surface area (Å²) >= 11 is 1.54. The first-order valence-electron chi connectivity index (χ1n) is 9.61. The highest BCUT2D eigenvalue weighted by Crippen LogP contribution is 2.34. The Labute approximate surface area is 183 Å². The zero-order chi connectivity index (χ0) is 21.8. The van der Waals surface area contributed by atoms with Gasteiger partial charge < -0.3 is 14.1 Å². The second-order valence-corrected chi connectivity index (χ2v) is 9.91. The molecule has 4 rings (SSSR count). The van der Waals surface area contributed by atoms with Crippen LogP contribution in [0.15, 0.2) is 63.4 Å². The third-order valence-corrected chi connectivity index (χ3v) is 7.70. The van der Waals surface area contributed by atoms with E-state index in [0.717, 1.165) is 10.9 Å². The number of hydrogen-bond acceptors (Lipinski definition) is 8. The number of ether oxygens (including phenoxy) is 1. The van der Waals surface area contributed by atoms with Crippen LogP contribution < -0.4 is 4.90 Å². The predicted molar refractivity (Wildman–Crippen MR) is 116 cm³/mol. The van der Waals surface area contributed by atoms with Gasteiger partial charge in [-0.2, -0.15) is 4.31 Å². The van der Waals surface area contributed by atoms with Crippen LogP contribution in [0.2, 0.25) is 0 Å². The number of anilines is 1. The van der Waals surface area contributed by atoms with E-state index in [1.807, 2.05) is 22.4 Å². The number of rotatable bonds is 8. The lowest BCUT2D eigenvalue weighted by Crippen LogP contribution is -2.40. The summed E-state index contributed by atoms with van der Waals surface area (Å²) in [6.07, 6.45) is 1.55. The topological polar surface area (TPSA) is 106 Å². The normalized spacial score (nSPS) is 15.1. The fraction of sp³-hybridized carbons (Fsp3) is 0.300. The van der Waals surface area contributed by atoms with Crippen molar-refractivity contribution >= 4 is 32.7 Å². The molecule has 3 aromatic rings. The van der Waals surface area contributed by atoms with Gasteiger partial charge in [-0.05, 0) is 35.7 Å². The minimum absolute atomic E-state index is 0.0982. The summed E-state index contributed by atoms with van der Waals surface area (Å²) in [4.78, 5) is 14.1. The molecule has 11 heteroatoms. The smallest absolute Gasteiger partial charge is 0.293 e. The second-order valence-electron chi connectivity index (χ2n) is 6.94. The van der Waals surface area contributed by atoms with Gasteiger partial charge in [0.05, 0.1) is 42.4 Å². The van der Waals surface area contributed by atoms with E-state index >= 15 is 0 Å². The van der Waals surface area contributed by atoms with E-state index in [2.05, 4.69) is 0 Å². The minimum atomic E-state index is -3.85. The van der Waals surface area contributed by atoms with Crippen LogP contribution in [0.5, 0.6) is 0 Å². The highest BCUT2D eigenvalue weighted by Gasteiger charge is 2.30. The fourth-order valence-corrected chi connectivity index (χ4v) is 5.57. The van der Waals surface area contributed by atoms with Crippen molar-refractivity contribution in [3.8, 4) is 0 Å². The molecular weight excluding hydrogens is 442 g/mol. The van der Waals surface area contributed by atoms with Gasteiger partial charge in [-0.15, -0.1) is 11.3 Å². The molecule has 164 valence electrons. The number of hydrogen-bond donors (Lipinski definition) is 0. The van der Waals surface area contributed by atoms with Crippen LogP contribution in [-0.4, -0.2) is 43.9 Å². The van der Waals surface area contributed by atoms with Gasteiger partial charge in [0.25, 0.3) is 5.69 Å². The lowest BCUT2D eigenvalue weighted by atomic mass is 10.2. The Bertz CT molecular complexity index is 1090. The summed E-state index contributed by atoms with van der Waals surface area (Å²) in [6, 6.07) is 11.5. The molecule has 0 atom stereocenters. The van der Waals surface area contributed by atoms with E-state index in [9.17, 15) is 18.5 Å². The molecule has 1 saturated heterocycles. The molecular formula is C20H21N3O6S2. The first-order valence-corrected chi connectivity index (χ1v) is 11.9. The zero-order valence-electron chi connectivity index (χ0n) is 16.5. The molecule has 0 amide bonds. The van der Waals surface area contributed by atoms with E-state index in [1.54, 1.807) is 29.7 Å². The number of nitrogens with zero attached hydrogens (tertiary/aromatic N) is 3. The Morgan fingerprint density at radius 3 is 2.58 bits per heavy atom. The van der Waals surface area contributed by atoms with Crippen LogP contribution in [0, 0.1) is 10.1 Å². The van der Waals surface area contributed by atoms with Crippen LogP contribution in [0.4, 0.5) is 11.4 Å². The molecule has 1 aliphatic rings. The van der Waals surface area contributed by atoms with Gasteiger partial charge in [-0.25, -0.2) is 8.42 Å². The number of furan rings is 1. The number of morpholine rings is 1. The van der Waals surface area contributed by atoms with Crippen molar-refractivity contribution in [2.24, 2.45) is 0 Å². The molecule has 0 aliphatic carbocycles. The van der Waals surface area contributed by atoms with E-state index in [-0.39, 0.29) is 23.7 Å². The van der Waals surface area contributed by atoms with Gasteiger partial charge in [0.15, 0.2) is 0 Å². The van der Waals surface area contributed by atoms with Gasteiger partial charge in [-0.1, -0.05) is 6.07 Å². The molecule has 9 nitrogen and oxygen atoms in total. The molecule has 0 bridgehead atoms. The standard InChI is InChI=1S/C20H21N3O6S2/c24-23(25)20-13-18(31(26,27)22-7-10-28-11-8-22)5-6-19(20)21(14-16-3-1-9-29-16)15-17-4-2-12-30-17/h1-6,9,12-13H,7-8,10-11,14-15H2. The van der Waals surface area contributed by atoms with Crippen molar-refractivity contribution in [3.63, 3.8) is 0 Å². The summed E-state index contributed by atoms with van der Waals surface area (Å²) in [5.74, 6) is 0.649. The van der Waals surface area contributed by atoms with Crippen LogP contribution in [0.25, 0.3) is 0 Å². The Morgan fingerprint density at radius 1 is 1.13 bits per heavy atom. The van der Waals surface area contributed by atoms with Crippen molar-refractivity contribution in [2.45, 2.75) is 18.0 Å². The molecule has 31 heavy (non-hydrogen) atoms. The molecule has 1 aliphatic heterocycles. The zero-order valence-corrected chi connectivity index (χ0v) is 18.2. The van der Waals surface area contributed by atoms with Crippen molar-refractivity contribution in [2.75, 3.05) is 31.2 Å². The molecule has 3 heterocycles. The third kappa shape index (κ3) is 4.79. The molecule has 0 N–H and O–H groups in total. The summed E-state index contributed by atoms with van der Waals surface area (Å²) in [5.41, 5.74) is 0.0631. The lowest BCUT2D eigenvalue weighted by molar-refractivity contribution is -0.384. The Balaban J connectivity index is 1.71. The summed E-state index contributed by atoms with van der Waals surface area (Å²) < 4.78 is 37.9. The molecule has 0 spiro atoms. The maximum atomic E-state index is 13.0. The maximum absolute atomic E-state index is 13.0. The van der Waals surface area contributed by atoms with Crippen LogP contribution in [0.3, 0.4) is 0 Å². The summed E-state index contributed by atoms with van der Waals surface area (Å²) in [6.45, 7) is 1.78. The second kappa shape index (κ2) is 9.18. The fourth-order valence-electron chi connectivity index (χ4n) is 3.42. The molecule has 2 aromatic heterocycles. The van der Waals surface area contributed by atoms with Crippen molar-refractivity contribution < 1.29 is 22.5 Å². The van der Waals surface area contributed by atoms with E-state index in [1.165, 1.54) is 16.4 Å². The van der Waals surface area contributed by atoms with Crippen molar-refractivity contribution in [3.05, 3.63) is 74.9 Å². The first kappa shape index (κ1) is 21.5. The molecule has 0 radical (unpaired) electrons. The van der Waals surface area contributed by atoms with Gasteiger partial charge in [0.1, 0.15) is 11.4 Å². The molecule has 0 saturated carbocycles. The van der Waals surface area contributed by atoms with Crippen molar-refractivity contribution in [1.29, 1.82) is 0 Å². The highest BCUT2D eigenvalue weighted by molar-refractivity contribution is 7.89. The Morgan fingerprint density at radius 2 is 1.94 bits per heavy atom. The van der Waals surface area contributed by atoms with E-state index in [0.29, 0.717) is 37.8 Å².